The zero-order valence-electron chi connectivity index (χ0n) is 15.1. The predicted molar refractivity (Wildman–Crippen MR) is 113 cm³/mol. The summed E-state index contributed by atoms with van der Waals surface area (Å²) < 4.78 is 5.32. The van der Waals surface area contributed by atoms with E-state index in [2.05, 4.69) is 21.2 Å². The number of amides is 2. The molecule has 1 heterocycles. The number of aliphatic imine (C=N–C) groups is 1. The lowest BCUT2D eigenvalue weighted by Gasteiger charge is -2.17. The van der Waals surface area contributed by atoms with Gasteiger partial charge in [0.15, 0.2) is 6.61 Å². The van der Waals surface area contributed by atoms with Crippen molar-refractivity contribution in [2.24, 2.45) is 4.99 Å². The zero-order valence-corrected chi connectivity index (χ0v) is 17.4. The van der Waals surface area contributed by atoms with Crippen molar-refractivity contribution in [3.8, 4) is 5.75 Å². The summed E-state index contributed by atoms with van der Waals surface area (Å²) in [6, 6.07) is 9.83. The van der Waals surface area contributed by atoms with E-state index < -0.39 is 11.8 Å². The van der Waals surface area contributed by atoms with Gasteiger partial charge < -0.3 is 10.1 Å². The summed E-state index contributed by atoms with van der Waals surface area (Å²) in [5, 5.41) is 3.91. The SMILES string of the molecule is O=C(COc1cc(Cl)c(Cl)cc1Cl)NNC(=O)c1ccccc1C1=NCCCN1. The number of hydrogen-bond donors (Lipinski definition) is 3. The Hall–Kier alpha value is -2.48. The van der Waals surface area contributed by atoms with Crippen LogP contribution < -0.4 is 20.9 Å². The van der Waals surface area contributed by atoms with Crippen molar-refractivity contribution in [2.45, 2.75) is 6.42 Å². The van der Waals surface area contributed by atoms with Crippen LogP contribution >= 0.6 is 34.8 Å². The molecule has 0 aromatic heterocycles. The van der Waals surface area contributed by atoms with Gasteiger partial charge in [0.2, 0.25) is 0 Å². The molecule has 1 aliphatic rings. The number of nitrogens with one attached hydrogen (secondary N) is 3. The molecule has 2 aromatic carbocycles. The fraction of sp³-hybridized carbons (Fsp3) is 0.211. The average molecular weight is 456 g/mol. The number of hydrazine groups is 1. The van der Waals surface area contributed by atoms with Crippen LogP contribution in [0.3, 0.4) is 0 Å². The highest BCUT2D eigenvalue weighted by molar-refractivity contribution is 6.43. The van der Waals surface area contributed by atoms with Gasteiger partial charge in [-0.3, -0.25) is 25.4 Å². The zero-order chi connectivity index (χ0) is 20.8. The Morgan fingerprint density at radius 2 is 1.83 bits per heavy atom. The Kier molecular flexibility index (Phi) is 7.19. The standard InChI is InChI=1S/C19H17Cl3N4O3/c20-13-8-15(22)16(9-14(13)21)29-10-17(27)25-26-19(28)12-5-2-1-4-11(12)18-23-6-3-7-24-18/h1-2,4-5,8-9H,3,6-7,10H2,(H,23,24)(H,25,27)(H,26,28). The molecule has 2 amide bonds. The molecule has 0 atom stereocenters. The van der Waals surface area contributed by atoms with Crippen LogP contribution in [0.1, 0.15) is 22.3 Å². The Bertz CT molecular complexity index is 966. The normalized spacial score (nSPS) is 13.1. The number of carbonyl (C=O) groups excluding carboxylic acids is 2. The van der Waals surface area contributed by atoms with Crippen molar-refractivity contribution in [3.63, 3.8) is 0 Å². The van der Waals surface area contributed by atoms with Crippen LogP contribution in [0.15, 0.2) is 41.4 Å². The molecule has 0 saturated heterocycles. The van der Waals surface area contributed by atoms with E-state index in [1.54, 1.807) is 18.2 Å². The van der Waals surface area contributed by atoms with Crippen LogP contribution in [-0.2, 0) is 4.79 Å². The molecule has 152 valence electrons. The van der Waals surface area contributed by atoms with E-state index >= 15 is 0 Å². The molecule has 29 heavy (non-hydrogen) atoms. The third-order valence-electron chi connectivity index (χ3n) is 3.97. The molecule has 7 nitrogen and oxygen atoms in total. The molecule has 10 heteroatoms. The van der Waals surface area contributed by atoms with Gasteiger partial charge in [-0.2, -0.15) is 0 Å². The van der Waals surface area contributed by atoms with E-state index in [4.69, 9.17) is 39.5 Å². The molecule has 0 radical (unpaired) electrons. The van der Waals surface area contributed by atoms with Crippen molar-refractivity contribution in [2.75, 3.05) is 19.7 Å². The second-order valence-corrected chi connectivity index (χ2v) is 7.27. The number of hydrogen-bond acceptors (Lipinski definition) is 5. The fourth-order valence-corrected chi connectivity index (χ4v) is 3.18. The first kappa shape index (κ1) is 21.2. The number of amidine groups is 1. The highest BCUT2D eigenvalue weighted by Crippen LogP contribution is 2.33. The Balaban J connectivity index is 1.58. The van der Waals surface area contributed by atoms with Crippen LogP contribution in [-0.4, -0.2) is 37.3 Å². The second kappa shape index (κ2) is 9.82. The van der Waals surface area contributed by atoms with Crippen molar-refractivity contribution in [1.82, 2.24) is 16.2 Å². The van der Waals surface area contributed by atoms with Crippen molar-refractivity contribution >= 4 is 52.5 Å². The van der Waals surface area contributed by atoms with Gasteiger partial charge in [0.05, 0.1) is 20.6 Å². The molecule has 0 aliphatic carbocycles. The lowest BCUT2D eigenvalue weighted by atomic mass is 10.1. The smallest absolute Gasteiger partial charge is 0.276 e. The van der Waals surface area contributed by atoms with Gasteiger partial charge in [-0.25, -0.2) is 0 Å². The molecular weight excluding hydrogens is 439 g/mol. The number of ether oxygens (including phenoxy) is 1. The summed E-state index contributed by atoms with van der Waals surface area (Å²) in [7, 11) is 0. The largest absolute Gasteiger partial charge is 0.482 e. The first-order chi connectivity index (χ1) is 14.0. The summed E-state index contributed by atoms with van der Waals surface area (Å²) >= 11 is 17.8. The Morgan fingerprint density at radius 3 is 2.59 bits per heavy atom. The van der Waals surface area contributed by atoms with Crippen LogP contribution in [0.4, 0.5) is 0 Å². The van der Waals surface area contributed by atoms with Crippen LogP contribution in [0.2, 0.25) is 15.1 Å². The summed E-state index contributed by atoms with van der Waals surface area (Å²) in [5.41, 5.74) is 5.72. The molecule has 0 bridgehead atoms. The van der Waals surface area contributed by atoms with Crippen molar-refractivity contribution in [1.29, 1.82) is 0 Å². The number of halogens is 3. The minimum Gasteiger partial charge on any atom is -0.482 e. The highest BCUT2D eigenvalue weighted by Gasteiger charge is 2.17. The third-order valence-corrected chi connectivity index (χ3v) is 4.99. The molecule has 0 fully saturated rings. The number of nitrogens with zero attached hydrogens (tertiary/aromatic N) is 1. The third kappa shape index (κ3) is 5.53. The molecule has 1 aliphatic heterocycles. The first-order valence-electron chi connectivity index (χ1n) is 8.70. The highest BCUT2D eigenvalue weighted by atomic mass is 35.5. The van der Waals surface area contributed by atoms with Crippen LogP contribution in [0.25, 0.3) is 0 Å². The monoisotopic (exact) mass is 454 g/mol. The van der Waals surface area contributed by atoms with E-state index in [1.165, 1.54) is 12.1 Å². The molecule has 3 rings (SSSR count). The number of benzene rings is 2. The molecule has 0 unspecified atom stereocenters. The predicted octanol–water partition coefficient (Wildman–Crippen LogP) is 3.23. The maximum absolute atomic E-state index is 12.5. The summed E-state index contributed by atoms with van der Waals surface area (Å²) in [4.78, 5) is 28.9. The first-order valence-corrected chi connectivity index (χ1v) is 9.83. The summed E-state index contributed by atoms with van der Waals surface area (Å²) in [6.07, 6.45) is 0.941. The minimum atomic E-state index is -0.578. The van der Waals surface area contributed by atoms with Gasteiger partial charge >= 0.3 is 0 Å². The van der Waals surface area contributed by atoms with Gasteiger partial charge in [-0.1, -0.05) is 53.0 Å². The van der Waals surface area contributed by atoms with Gasteiger partial charge in [0, 0.05) is 24.7 Å². The van der Waals surface area contributed by atoms with Gasteiger partial charge in [-0.05, 0) is 18.6 Å². The van der Waals surface area contributed by atoms with Gasteiger partial charge in [-0.15, -0.1) is 0 Å². The Morgan fingerprint density at radius 1 is 1.07 bits per heavy atom. The maximum Gasteiger partial charge on any atom is 0.276 e. The lowest BCUT2D eigenvalue weighted by molar-refractivity contribution is -0.123. The quantitative estimate of drug-likeness (QED) is 0.477. The van der Waals surface area contributed by atoms with Gasteiger partial charge in [0.25, 0.3) is 11.8 Å². The molecule has 0 saturated carbocycles. The topological polar surface area (TPSA) is 91.8 Å². The molecule has 2 aromatic rings. The molecular formula is C19H17Cl3N4O3. The second-order valence-electron chi connectivity index (χ2n) is 6.04. The summed E-state index contributed by atoms with van der Waals surface area (Å²) in [5.74, 6) is -0.192. The lowest BCUT2D eigenvalue weighted by Crippen LogP contribution is -2.44. The van der Waals surface area contributed by atoms with Crippen LogP contribution in [0, 0.1) is 0 Å². The minimum absolute atomic E-state index is 0.203. The van der Waals surface area contributed by atoms with E-state index in [0.717, 1.165) is 13.0 Å². The fourth-order valence-electron chi connectivity index (χ4n) is 2.59. The van der Waals surface area contributed by atoms with Crippen molar-refractivity contribution < 1.29 is 14.3 Å². The average Bonchev–Trinajstić information content (AvgIpc) is 2.74. The van der Waals surface area contributed by atoms with E-state index in [9.17, 15) is 9.59 Å². The van der Waals surface area contributed by atoms with E-state index in [1.807, 2.05) is 6.07 Å². The number of rotatable bonds is 5. The van der Waals surface area contributed by atoms with Gasteiger partial charge in [0.1, 0.15) is 11.6 Å². The van der Waals surface area contributed by atoms with Crippen molar-refractivity contribution in [3.05, 3.63) is 62.6 Å². The maximum atomic E-state index is 12.5. The van der Waals surface area contributed by atoms with E-state index in [0.29, 0.717) is 23.5 Å². The van der Waals surface area contributed by atoms with E-state index in [-0.39, 0.29) is 27.4 Å². The van der Waals surface area contributed by atoms with Crippen LogP contribution in [0.5, 0.6) is 5.75 Å². The Labute approximate surface area is 182 Å². The number of carbonyl (C=O) groups is 2. The molecule has 3 N–H and O–H groups in total. The molecule has 0 spiro atoms. The summed E-state index contributed by atoms with van der Waals surface area (Å²) in [6.45, 7) is 1.11.